The fourth-order valence-corrected chi connectivity index (χ4v) is 9.27. The van der Waals surface area contributed by atoms with E-state index in [1.807, 2.05) is 0 Å². The van der Waals surface area contributed by atoms with Crippen molar-refractivity contribution < 1.29 is 9.47 Å². The summed E-state index contributed by atoms with van der Waals surface area (Å²) in [5, 5.41) is 0. The van der Waals surface area contributed by atoms with Crippen molar-refractivity contribution in [1.82, 2.24) is 0 Å². The Morgan fingerprint density at radius 2 is 1.58 bits per heavy atom. The van der Waals surface area contributed by atoms with Crippen LogP contribution in [0.2, 0.25) is 0 Å². The van der Waals surface area contributed by atoms with Crippen molar-refractivity contribution in [2.75, 3.05) is 13.2 Å². The second-order valence-corrected chi connectivity index (χ2v) is 23.5. The maximum atomic E-state index is 6.13. The van der Waals surface area contributed by atoms with Crippen molar-refractivity contribution in [3.8, 4) is 0 Å². The van der Waals surface area contributed by atoms with Gasteiger partial charge in [0.05, 0.1) is 6.61 Å². The van der Waals surface area contributed by atoms with Gasteiger partial charge in [-0.25, -0.2) is 0 Å². The van der Waals surface area contributed by atoms with Gasteiger partial charge in [-0.1, -0.05) is 163 Å². The smallest absolute Gasteiger partial charge is 0.162 e. The predicted molar refractivity (Wildman–Crippen MR) is 144 cm³/mol. The third-order valence-corrected chi connectivity index (χ3v) is 20.7. The van der Waals surface area contributed by atoms with Crippen molar-refractivity contribution in [3.05, 3.63) is 0 Å². The van der Waals surface area contributed by atoms with Gasteiger partial charge >= 0.3 is 0 Å². The maximum absolute atomic E-state index is 6.13. The molecule has 1 aliphatic heterocycles. The Hall–Kier alpha value is 4.24. The molecule has 0 spiro atoms. The molecule has 0 aliphatic carbocycles. The Morgan fingerprint density at radius 1 is 0.962 bits per heavy atom. The molecule has 2 unspecified atom stereocenters. The van der Waals surface area contributed by atoms with E-state index >= 15 is 0 Å². The average molecular weight is 952 g/mol. The van der Waals surface area contributed by atoms with Crippen molar-refractivity contribution in [2.45, 2.75) is 63.6 Å². The Balaban J connectivity index is 3.00. The van der Waals surface area contributed by atoms with Gasteiger partial charge in [0, 0.05) is 12.5 Å². The summed E-state index contributed by atoms with van der Waals surface area (Å²) in [5.74, 6) is 0.163. The Labute approximate surface area is 232 Å². The molecule has 0 aromatic rings. The van der Waals surface area contributed by atoms with Gasteiger partial charge in [-0.2, -0.15) is 0 Å². The zero-order chi connectivity index (χ0) is 20.2. The molecule has 2 atom stereocenters. The predicted octanol–water partition coefficient (Wildman–Crippen LogP) is 9.63. The van der Waals surface area contributed by atoms with Crippen LogP contribution in [0.5, 0.6) is 0 Å². The van der Waals surface area contributed by atoms with Crippen LogP contribution in [-0.4, -0.2) is 31.3 Å². The second kappa shape index (κ2) is 11.9. The first-order valence-corrected chi connectivity index (χ1v) is 15.4. The molecule has 26 heavy (non-hydrogen) atoms. The standard InChI is InChI=1S/C15H21Br9O2/c1-2-3-6-10(9-26-11-7-4-5-8-25-11)12(16,17)13(18,19)14(20,21)15(22,23)24/h10-11H,2-9H2,1H3. The summed E-state index contributed by atoms with van der Waals surface area (Å²) in [5.41, 5.74) is 0. The molecule has 1 rings (SSSR count). The highest BCUT2D eigenvalue weighted by Gasteiger charge is 2.66. The summed E-state index contributed by atoms with van der Waals surface area (Å²) in [6, 6.07) is 0. The van der Waals surface area contributed by atoms with Gasteiger partial charge in [0.1, 0.15) is 9.70 Å². The van der Waals surface area contributed by atoms with Crippen LogP contribution in [0.1, 0.15) is 45.4 Å². The summed E-state index contributed by atoms with van der Waals surface area (Å²) in [6.07, 6.45) is 6.35. The van der Waals surface area contributed by atoms with E-state index in [1.54, 1.807) is 0 Å². The lowest BCUT2D eigenvalue weighted by Gasteiger charge is -2.49. The van der Waals surface area contributed by atoms with Crippen molar-refractivity contribution in [1.29, 1.82) is 0 Å². The van der Waals surface area contributed by atoms with Crippen LogP contribution in [0.3, 0.4) is 0 Å². The third-order valence-electron chi connectivity index (χ3n) is 4.21. The van der Waals surface area contributed by atoms with E-state index in [-0.39, 0.29) is 12.2 Å². The van der Waals surface area contributed by atoms with E-state index in [0.717, 1.165) is 45.1 Å². The average Bonchev–Trinajstić information content (AvgIpc) is 2.54. The topological polar surface area (TPSA) is 18.5 Å². The van der Waals surface area contributed by atoms with E-state index in [2.05, 4.69) is 150 Å². The monoisotopic (exact) mass is 943 g/mol. The lowest BCUT2D eigenvalue weighted by molar-refractivity contribution is -0.169. The van der Waals surface area contributed by atoms with Crippen LogP contribution in [0, 0.1) is 5.92 Å². The molecule has 0 radical (unpaired) electrons. The number of rotatable bonds is 9. The highest BCUT2D eigenvalue weighted by molar-refractivity contribution is 9.42. The largest absolute Gasteiger partial charge is 0.353 e. The van der Waals surface area contributed by atoms with E-state index in [0.29, 0.717) is 6.61 Å². The van der Waals surface area contributed by atoms with Crippen molar-refractivity contribution >= 4 is 143 Å². The Kier molecular flexibility index (Phi) is 13.0. The molecule has 0 amide bonds. The van der Waals surface area contributed by atoms with Crippen molar-refractivity contribution in [3.63, 3.8) is 0 Å². The number of unbranched alkanes of at least 4 members (excludes halogenated alkanes) is 1. The number of alkyl halides is 9. The molecule has 1 aliphatic rings. The van der Waals surface area contributed by atoms with Gasteiger partial charge < -0.3 is 9.47 Å². The molecule has 0 saturated carbocycles. The number of hydrogen-bond donors (Lipinski definition) is 0. The number of hydrogen-bond acceptors (Lipinski definition) is 2. The van der Waals surface area contributed by atoms with E-state index in [1.165, 1.54) is 0 Å². The quantitative estimate of drug-likeness (QED) is 0.215. The lowest BCUT2D eigenvalue weighted by atomic mass is 9.96. The third kappa shape index (κ3) is 7.12. The van der Waals surface area contributed by atoms with Crippen LogP contribution in [0.15, 0.2) is 0 Å². The summed E-state index contributed by atoms with van der Waals surface area (Å²) in [4.78, 5) is 0. The minimum Gasteiger partial charge on any atom is -0.353 e. The zero-order valence-corrected chi connectivity index (χ0v) is 28.3. The maximum Gasteiger partial charge on any atom is 0.162 e. The van der Waals surface area contributed by atoms with Gasteiger partial charge in [0.25, 0.3) is 0 Å². The molecule has 0 N–H and O–H groups in total. The van der Waals surface area contributed by atoms with Crippen LogP contribution in [0.25, 0.3) is 0 Å². The van der Waals surface area contributed by atoms with Gasteiger partial charge in [-0.15, -0.1) is 0 Å². The van der Waals surface area contributed by atoms with Crippen LogP contribution >= 0.6 is 143 Å². The Morgan fingerprint density at radius 3 is 2.04 bits per heavy atom. The van der Waals surface area contributed by atoms with Gasteiger partial charge in [-0.3, -0.25) is 0 Å². The molecule has 156 valence electrons. The van der Waals surface area contributed by atoms with E-state index in [4.69, 9.17) is 9.47 Å². The first-order chi connectivity index (χ1) is 11.8. The molecular weight excluding hydrogens is 931 g/mol. The molecule has 1 fully saturated rings. The summed E-state index contributed by atoms with van der Waals surface area (Å²) in [6.45, 7) is 3.56. The number of halogens is 9. The fourth-order valence-electron chi connectivity index (χ4n) is 2.53. The highest BCUT2D eigenvalue weighted by atomic mass is 80.0. The zero-order valence-electron chi connectivity index (χ0n) is 14.0. The van der Waals surface area contributed by atoms with E-state index < -0.39 is 11.8 Å². The van der Waals surface area contributed by atoms with E-state index in [9.17, 15) is 0 Å². The van der Waals surface area contributed by atoms with Crippen LogP contribution in [0.4, 0.5) is 0 Å². The van der Waals surface area contributed by atoms with Gasteiger partial charge in [0.2, 0.25) is 0 Å². The lowest BCUT2D eigenvalue weighted by Crippen LogP contribution is -2.57. The Bertz CT molecular complexity index is 431. The van der Waals surface area contributed by atoms with Crippen molar-refractivity contribution in [2.24, 2.45) is 5.92 Å². The fraction of sp³-hybridized carbons (Fsp3) is 1.00. The van der Waals surface area contributed by atoms with Crippen LogP contribution < -0.4 is 0 Å². The first-order valence-electron chi connectivity index (χ1n) is 8.22. The summed E-state index contributed by atoms with van der Waals surface area (Å²) >= 11 is 34.0. The first kappa shape index (κ1) is 28.3. The number of ether oxygens (including phenoxy) is 2. The minimum absolute atomic E-state index is 0.107. The van der Waals surface area contributed by atoms with Crippen LogP contribution in [-0.2, 0) is 9.47 Å². The molecule has 1 heterocycles. The highest BCUT2D eigenvalue weighted by Crippen LogP contribution is 2.70. The summed E-state index contributed by atoms with van der Waals surface area (Å²) < 4.78 is 9.32. The SMILES string of the molecule is CCCCC(COC1CCCCO1)C(Br)(Br)C(Br)(Br)C(Br)(Br)C(Br)(Br)Br. The van der Waals surface area contributed by atoms with Gasteiger partial charge in [0.15, 0.2) is 8.43 Å². The molecular formula is C15H21Br9O2. The molecule has 0 aromatic heterocycles. The molecule has 1 saturated heterocycles. The van der Waals surface area contributed by atoms with Gasteiger partial charge in [-0.05, 0) is 25.7 Å². The summed E-state index contributed by atoms with van der Waals surface area (Å²) in [7, 11) is 0. The molecule has 0 aromatic carbocycles. The minimum atomic E-state index is -0.682. The molecule has 0 bridgehead atoms. The molecule has 2 nitrogen and oxygen atoms in total. The normalized spacial score (nSPS) is 21.7. The molecule has 11 heteroatoms. The second-order valence-electron chi connectivity index (χ2n) is 6.24.